The first-order valence-electron chi connectivity index (χ1n) is 11.6. The number of benzene rings is 1. The number of hydrogen-bond acceptors (Lipinski definition) is 4. The van der Waals surface area contributed by atoms with Gasteiger partial charge in [0, 0.05) is 43.9 Å². The van der Waals surface area contributed by atoms with Crippen molar-refractivity contribution in [2.45, 2.75) is 58.3 Å². The number of thiophene rings is 1. The Hall–Kier alpha value is -1.98. The fourth-order valence-corrected chi connectivity index (χ4v) is 4.95. The normalized spacial score (nSPS) is 14.9. The van der Waals surface area contributed by atoms with Gasteiger partial charge in [-0.2, -0.15) is 0 Å². The van der Waals surface area contributed by atoms with Crippen LogP contribution in [0.3, 0.4) is 0 Å². The van der Waals surface area contributed by atoms with E-state index < -0.39 is 0 Å². The first kappa shape index (κ1) is 23.7. The fourth-order valence-electron chi connectivity index (χ4n) is 3.94. The summed E-state index contributed by atoms with van der Waals surface area (Å²) in [6, 6.07) is 13.0. The van der Waals surface area contributed by atoms with Gasteiger partial charge in [-0.1, -0.05) is 38.1 Å². The van der Waals surface area contributed by atoms with E-state index in [1.165, 1.54) is 16.0 Å². The van der Waals surface area contributed by atoms with E-state index in [4.69, 9.17) is 0 Å². The number of amides is 1. The molecular weight excluding hydrogens is 404 g/mol. The molecule has 0 saturated carbocycles. The van der Waals surface area contributed by atoms with E-state index in [0.717, 1.165) is 50.3 Å². The number of likely N-dealkylation sites (N-methyl/N-ethyl adjacent to an activating group) is 1. The van der Waals surface area contributed by atoms with E-state index in [9.17, 15) is 9.59 Å². The number of ketones is 1. The van der Waals surface area contributed by atoms with Crippen LogP contribution in [0.1, 0.15) is 71.1 Å². The standard InChI is InChI=1S/C26H36N2O2S/c1-20(2)22-12-10-21(11-13-22)6-4-7-23-14-15-25(31-23)24(29)8-5-9-26(30)28-18-16-27(3)17-19-28/h10-15,20H,4-9,16-19H2,1-3H3. The molecule has 4 nitrogen and oxygen atoms in total. The molecule has 2 heterocycles. The van der Waals surface area contributed by atoms with Crippen molar-refractivity contribution in [3.63, 3.8) is 0 Å². The molecule has 0 unspecified atom stereocenters. The Morgan fingerprint density at radius 3 is 2.29 bits per heavy atom. The predicted molar refractivity (Wildman–Crippen MR) is 129 cm³/mol. The van der Waals surface area contributed by atoms with Crippen LogP contribution in [0.15, 0.2) is 36.4 Å². The van der Waals surface area contributed by atoms with Crippen molar-refractivity contribution in [2.24, 2.45) is 0 Å². The average Bonchev–Trinajstić information content (AvgIpc) is 3.23. The lowest BCUT2D eigenvalue weighted by Gasteiger charge is -2.32. The van der Waals surface area contributed by atoms with Crippen LogP contribution in [0.2, 0.25) is 0 Å². The van der Waals surface area contributed by atoms with Gasteiger partial charge >= 0.3 is 0 Å². The summed E-state index contributed by atoms with van der Waals surface area (Å²) in [5, 5.41) is 0. The van der Waals surface area contributed by atoms with E-state index in [-0.39, 0.29) is 11.7 Å². The van der Waals surface area contributed by atoms with E-state index in [1.54, 1.807) is 11.3 Å². The van der Waals surface area contributed by atoms with Crippen molar-refractivity contribution in [2.75, 3.05) is 33.2 Å². The van der Waals surface area contributed by atoms with Crippen LogP contribution in [0, 0.1) is 0 Å². The highest BCUT2D eigenvalue weighted by Crippen LogP contribution is 2.22. The molecule has 0 spiro atoms. The maximum atomic E-state index is 12.5. The minimum atomic E-state index is 0.173. The number of Topliss-reactive ketones (excluding diaryl/α,β-unsaturated/α-hetero) is 1. The molecule has 0 atom stereocenters. The van der Waals surface area contributed by atoms with Crippen molar-refractivity contribution < 1.29 is 9.59 Å². The van der Waals surface area contributed by atoms with Gasteiger partial charge in [0.2, 0.25) is 5.91 Å². The molecule has 0 aliphatic carbocycles. The number of nitrogens with zero attached hydrogens (tertiary/aromatic N) is 2. The molecule has 1 saturated heterocycles. The Morgan fingerprint density at radius 2 is 1.61 bits per heavy atom. The van der Waals surface area contributed by atoms with Crippen molar-refractivity contribution in [1.82, 2.24) is 9.80 Å². The Morgan fingerprint density at radius 1 is 0.903 bits per heavy atom. The monoisotopic (exact) mass is 440 g/mol. The van der Waals surface area contributed by atoms with Crippen LogP contribution in [0.25, 0.3) is 0 Å². The Bertz CT molecular complexity index is 849. The van der Waals surface area contributed by atoms with Crippen LogP contribution in [0.4, 0.5) is 0 Å². The molecule has 1 aliphatic heterocycles. The van der Waals surface area contributed by atoms with Gasteiger partial charge in [-0.15, -0.1) is 11.3 Å². The van der Waals surface area contributed by atoms with Gasteiger partial charge in [-0.05, 0) is 61.9 Å². The molecular formula is C26H36N2O2S. The SMILES string of the molecule is CC(C)c1ccc(CCCc2ccc(C(=O)CCCC(=O)N3CCN(C)CC3)s2)cc1. The molecule has 0 radical (unpaired) electrons. The first-order chi connectivity index (χ1) is 14.9. The van der Waals surface area contributed by atoms with E-state index in [1.807, 2.05) is 11.0 Å². The summed E-state index contributed by atoms with van der Waals surface area (Å²) in [6.45, 7) is 7.92. The van der Waals surface area contributed by atoms with Gasteiger partial charge < -0.3 is 9.80 Å². The molecule has 168 valence electrons. The van der Waals surface area contributed by atoms with Gasteiger partial charge in [0.1, 0.15) is 0 Å². The number of carbonyl (C=O) groups excluding carboxylic acids is 2. The third-order valence-electron chi connectivity index (χ3n) is 6.12. The smallest absolute Gasteiger partial charge is 0.222 e. The van der Waals surface area contributed by atoms with Crippen molar-refractivity contribution >= 4 is 23.0 Å². The van der Waals surface area contributed by atoms with E-state index in [0.29, 0.717) is 25.2 Å². The summed E-state index contributed by atoms with van der Waals surface area (Å²) in [5.74, 6) is 0.932. The number of rotatable bonds is 10. The molecule has 1 aromatic carbocycles. The highest BCUT2D eigenvalue weighted by Gasteiger charge is 2.19. The average molecular weight is 441 g/mol. The summed E-state index contributed by atoms with van der Waals surface area (Å²) in [5.41, 5.74) is 2.76. The lowest BCUT2D eigenvalue weighted by molar-refractivity contribution is -0.132. The largest absolute Gasteiger partial charge is 0.340 e. The molecule has 1 aromatic heterocycles. The van der Waals surface area contributed by atoms with E-state index in [2.05, 4.69) is 56.1 Å². The van der Waals surface area contributed by atoms with E-state index >= 15 is 0 Å². The Labute approximate surface area is 191 Å². The van der Waals surface area contributed by atoms with Crippen molar-refractivity contribution in [1.29, 1.82) is 0 Å². The summed E-state index contributed by atoms with van der Waals surface area (Å²) >= 11 is 1.62. The minimum absolute atomic E-state index is 0.173. The van der Waals surface area contributed by atoms with Crippen LogP contribution in [0.5, 0.6) is 0 Å². The van der Waals surface area contributed by atoms with Gasteiger partial charge in [0.05, 0.1) is 4.88 Å². The summed E-state index contributed by atoms with van der Waals surface area (Å²) < 4.78 is 0. The first-order valence-corrected chi connectivity index (χ1v) is 12.4. The van der Waals surface area contributed by atoms with Gasteiger partial charge in [-0.3, -0.25) is 9.59 Å². The Balaban J connectivity index is 1.36. The lowest BCUT2D eigenvalue weighted by atomic mass is 10.00. The number of carbonyl (C=O) groups is 2. The zero-order chi connectivity index (χ0) is 22.2. The fraction of sp³-hybridized carbons (Fsp3) is 0.538. The minimum Gasteiger partial charge on any atom is -0.340 e. The molecule has 0 bridgehead atoms. The molecule has 3 rings (SSSR count). The highest BCUT2D eigenvalue weighted by atomic mass is 32.1. The van der Waals surface area contributed by atoms with Crippen molar-refractivity contribution in [3.8, 4) is 0 Å². The second kappa shape index (κ2) is 11.6. The summed E-state index contributed by atoms with van der Waals surface area (Å²) in [4.78, 5) is 31.1. The van der Waals surface area contributed by atoms with Gasteiger partial charge in [-0.25, -0.2) is 0 Å². The van der Waals surface area contributed by atoms with Crippen LogP contribution < -0.4 is 0 Å². The Kier molecular flexibility index (Phi) is 8.85. The molecule has 0 N–H and O–H groups in total. The van der Waals surface area contributed by atoms with Gasteiger partial charge in [0.15, 0.2) is 5.78 Å². The highest BCUT2D eigenvalue weighted by molar-refractivity contribution is 7.14. The third kappa shape index (κ3) is 7.29. The van der Waals surface area contributed by atoms with Crippen molar-refractivity contribution in [3.05, 3.63) is 57.3 Å². The quantitative estimate of drug-likeness (QED) is 0.478. The number of piperazine rings is 1. The lowest BCUT2D eigenvalue weighted by Crippen LogP contribution is -2.47. The zero-order valence-corrected chi connectivity index (χ0v) is 20.0. The van der Waals surface area contributed by atoms with Crippen LogP contribution >= 0.6 is 11.3 Å². The van der Waals surface area contributed by atoms with Crippen LogP contribution in [-0.2, 0) is 17.6 Å². The van der Waals surface area contributed by atoms with Crippen LogP contribution in [-0.4, -0.2) is 54.7 Å². The molecule has 31 heavy (non-hydrogen) atoms. The topological polar surface area (TPSA) is 40.6 Å². The van der Waals surface area contributed by atoms with Gasteiger partial charge in [0.25, 0.3) is 0 Å². The maximum absolute atomic E-state index is 12.5. The summed E-state index contributed by atoms with van der Waals surface area (Å²) in [6.07, 6.45) is 4.74. The second-order valence-corrected chi connectivity index (χ2v) is 10.1. The molecule has 1 fully saturated rings. The molecule has 1 amide bonds. The number of hydrogen-bond donors (Lipinski definition) is 0. The molecule has 2 aromatic rings. The second-order valence-electron chi connectivity index (χ2n) is 8.98. The zero-order valence-electron chi connectivity index (χ0n) is 19.2. The third-order valence-corrected chi connectivity index (χ3v) is 7.31. The maximum Gasteiger partial charge on any atom is 0.222 e. The molecule has 1 aliphatic rings. The summed E-state index contributed by atoms with van der Waals surface area (Å²) in [7, 11) is 2.08. The predicted octanol–water partition coefficient (Wildman–Crippen LogP) is 5.17. The number of aryl methyl sites for hydroxylation is 2. The molecule has 5 heteroatoms.